The third-order valence-electron chi connectivity index (χ3n) is 3.43. The van der Waals surface area contributed by atoms with E-state index in [1.165, 1.54) is 6.07 Å². The normalized spacial score (nSPS) is 34.8. The van der Waals surface area contributed by atoms with Gasteiger partial charge in [0.1, 0.15) is 5.88 Å². The Labute approximate surface area is 123 Å². The number of nitrogens with zero attached hydrogens (tertiary/aromatic N) is 2. The monoisotopic (exact) mass is 319 g/mol. The molecule has 0 aliphatic carbocycles. The Morgan fingerprint density at radius 1 is 1.32 bits per heavy atom. The van der Waals surface area contributed by atoms with Crippen LogP contribution in [0.5, 0.6) is 0 Å². The molecule has 3 unspecified atom stereocenters. The van der Waals surface area contributed by atoms with Gasteiger partial charge in [-0.1, -0.05) is 23.2 Å². The zero-order valence-electron chi connectivity index (χ0n) is 9.58. The van der Waals surface area contributed by atoms with Crippen LogP contribution in [0.4, 0.5) is 0 Å². The number of thioether (sulfide) groups is 1. The zero-order valence-corrected chi connectivity index (χ0v) is 11.9. The molecule has 102 valence electrons. The molecule has 1 aromatic carbocycles. The molecule has 2 fully saturated rings. The summed E-state index contributed by atoms with van der Waals surface area (Å²) in [4.78, 5) is 11.6. The first-order valence-electron chi connectivity index (χ1n) is 5.56. The number of carbonyl (C=O) groups excluding carboxylic acids is 1. The molecule has 2 aliphatic heterocycles. The van der Waals surface area contributed by atoms with Crippen LogP contribution >= 0.6 is 35.0 Å². The molecule has 0 spiro atoms. The first kappa shape index (κ1) is 13.6. The third-order valence-corrected chi connectivity index (χ3v) is 4.96. The summed E-state index contributed by atoms with van der Waals surface area (Å²) in [6.07, 6.45) is -0.972. The number of hydroxylamine groups is 5. The van der Waals surface area contributed by atoms with Gasteiger partial charge in [-0.2, -0.15) is 0 Å². The number of halogens is 2. The highest BCUT2D eigenvalue weighted by Gasteiger charge is 2.54. The molecule has 0 radical (unpaired) electrons. The molecular weight excluding hydrogens is 311 g/mol. The Balaban J connectivity index is 2.06. The molecule has 3 rings (SSSR count). The van der Waals surface area contributed by atoms with Gasteiger partial charge >= 0.3 is 0 Å². The lowest BCUT2D eigenvalue weighted by atomic mass is 10.1. The van der Waals surface area contributed by atoms with Gasteiger partial charge in [0.2, 0.25) is 0 Å². The van der Waals surface area contributed by atoms with Crippen LogP contribution in [0.1, 0.15) is 11.7 Å². The van der Waals surface area contributed by atoms with Crippen LogP contribution in [-0.2, 0) is 4.79 Å². The molecule has 2 aliphatic rings. The molecule has 0 bridgehead atoms. The van der Waals surface area contributed by atoms with Crippen LogP contribution in [0.15, 0.2) is 18.2 Å². The average molecular weight is 320 g/mol. The Morgan fingerprint density at radius 3 is 2.58 bits per heavy atom. The number of fused-ring (bicyclic) bond motifs is 1. The Morgan fingerprint density at radius 2 is 1.95 bits per heavy atom. The van der Waals surface area contributed by atoms with Crippen molar-refractivity contribution in [1.29, 1.82) is 0 Å². The van der Waals surface area contributed by atoms with Gasteiger partial charge in [-0.05, 0) is 30.0 Å². The molecule has 19 heavy (non-hydrogen) atoms. The number of hydrogen-bond donors (Lipinski definition) is 0. The van der Waals surface area contributed by atoms with Crippen molar-refractivity contribution < 1.29 is 9.44 Å². The molecular formula is C11H9Cl2N2O3S-. The highest BCUT2D eigenvalue weighted by Crippen LogP contribution is 2.47. The number of benzene rings is 1. The van der Waals surface area contributed by atoms with Gasteiger partial charge in [-0.15, -0.1) is 0 Å². The van der Waals surface area contributed by atoms with Gasteiger partial charge in [0.15, 0.2) is 12.2 Å². The number of quaternary nitrogens is 1. The number of rotatable bonds is 1. The fraction of sp³-hybridized carbons (Fsp3) is 0.364. The van der Waals surface area contributed by atoms with Crippen LogP contribution in [0.25, 0.3) is 0 Å². The van der Waals surface area contributed by atoms with Crippen LogP contribution in [0, 0.1) is 10.4 Å². The Kier molecular flexibility index (Phi) is 3.30. The fourth-order valence-corrected chi connectivity index (χ4v) is 4.25. The number of hydrogen-bond acceptors (Lipinski definition) is 5. The summed E-state index contributed by atoms with van der Waals surface area (Å²) in [5.41, 5.74) is 0.459. The van der Waals surface area contributed by atoms with Gasteiger partial charge in [0, 0.05) is 15.6 Å². The number of carbonyl (C=O) groups is 1. The van der Waals surface area contributed by atoms with E-state index in [4.69, 9.17) is 23.2 Å². The van der Waals surface area contributed by atoms with Crippen LogP contribution in [-0.4, -0.2) is 33.3 Å². The fourth-order valence-electron chi connectivity index (χ4n) is 2.61. The van der Waals surface area contributed by atoms with Crippen molar-refractivity contribution in [3.05, 3.63) is 44.2 Å². The van der Waals surface area contributed by atoms with Crippen molar-refractivity contribution >= 4 is 40.1 Å². The van der Waals surface area contributed by atoms with E-state index < -0.39 is 16.9 Å². The highest BCUT2D eigenvalue weighted by molar-refractivity contribution is 8.13. The van der Waals surface area contributed by atoms with Crippen LogP contribution in [0.2, 0.25) is 10.0 Å². The summed E-state index contributed by atoms with van der Waals surface area (Å²) < 4.78 is -0.844. The summed E-state index contributed by atoms with van der Waals surface area (Å²) >= 11 is 12.8. The van der Waals surface area contributed by atoms with Gasteiger partial charge in [0.25, 0.3) is 5.12 Å². The SMILES string of the molecule is O=C1SC[N+]2([O-])C1CN([O-])C2c1cc(Cl)cc(Cl)c1. The van der Waals surface area contributed by atoms with Crippen molar-refractivity contribution in [2.45, 2.75) is 12.2 Å². The molecule has 2 saturated heterocycles. The maximum absolute atomic E-state index is 12.8. The predicted octanol–water partition coefficient (Wildman–Crippen LogP) is 2.72. The summed E-state index contributed by atoms with van der Waals surface area (Å²) in [5, 5.41) is 26.0. The van der Waals surface area contributed by atoms with Gasteiger partial charge < -0.3 is 20.1 Å². The Hall–Kier alpha value is -0.340. The molecule has 2 heterocycles. The molecule has 5 nitrogen and oxygen atoms in total. The smallest absolute Gasteiger partial charge is 0.253 e. The van der Waals surface area contributed by atoms with Crippen LogP contribution in [0.3, 0.4) is 0 Å². The van der Waals surface area contributed by atoms with Crippen molar-refractivity contribution in [3.63, 3.8) is 0 Å². The molecule has 0 aromatic heterocycles. The molecule has 0 saturated carbocycles. The summed E-state index contributed by atoms with van der Waals surface area (Å²) in [7, 11) is 0. The summed E-state index contributed by atoms with van der Waals surface area (Å²) in [6.45, 7) is -0.0792. The topological polar surface area (TPSA) is 66.4 Å². The minimum Gasteiger partial charge on any atom is -0.781 e. The van der Waals surface area contributed by atoms with E-state index in [1.54, 1.807) is 12.1 Å². The third kappa shape index (κ3) is 2.08. The van der Waals surface area contributed by atoms with E-state index in [1.807, 2.05) is 0 Å². The molecule has 8 heteroatoms. The van der Waals surface area contributed by atoms with Gasteiger partial charge in [-0.3, -0.25) is 4.79 Å². The van der Waals surface area contributed by atoms with E-state index in [9.17, 15) is 15.2 Å². The minimum atomic E-state index is -0.972. The van der Waals surface area contributed by atoms with Crippen molar-refractivity contribution in [2.24, 2.45) is 0 Å². The van der Waals surface area contributed by atoms with Crippen molar-refractivity contribution in [3.8, 4) is 0 Å². The minimum absolute atomic E-state index is 0.0526. The summed E-state index contributed by atoms with van der Waals surface area (Å²) in [5.74, 6) is 0.0526. The lowest BCUT2D eigenvalue weighted by Crippen LogP contribution is -2.46. The van der Waals surface area contributed by atoms with E-state index in [-0.39, 0.29) is 17.5 Å². The first-order valence-corrected chi connectivity index (χ1v) is 7.31. The Bertz CT molecular complexity index is 538. The average Bonchev–Trinajstić information content (AvgIpc) is 2.71. The lowest BCUT2D eigenvalue weighted by molar-refractivity contribution is -0.902. The van der Waals surface area contributed by atoms with Gasteiger partial charge in [-0.25, -0.2) is 0 Å². The molecule has 3 atom stereocenters. The van der Waals surface area contributed by atoms with E-state index >= 15 is 0 Å². The van der Waals surface area contributed by atoms with Crippen molar-refractivity contribution in [1.82, 2.24) is 5.06 Å². The van der Waals surface area contributed by atoms with Gasteiger partial charge in [0.05, 0.1) is 6.54 Å². The van der Waals surface area contributed by atoms with E-state index in [0.29, 0.717) is 20.7 Å². The van der Waals surface area contributed by atoms with E-state index in [0.717, 1.165) is 11.8 Å². The second kappa shape index (κ2) is 4.60. The second-order valence-corrected chi connectivity index (χ2v) is 6.46. The van der Waals surface area contributed by atoms with Crippen molar-refractivity contribution in [2.75, 3.05) is 12.4 Å². The quantitative estimate of drug-likeness (QED) is 0.588. The van der Waals surface area contributed by atoms with Crippen LogP contribution < -0.4 is 0 Å². The van der Waals surface area contributed by atoms with E-state index in [2.05, 4.69) is 0 Å². The molecule has 0 amide bonds. The maximum Gasteiger partial charge on any atom is 0.253 e. The lowest BCUT2D eigenvalue weighted by Gasteiger charge is -2.45. The maximum atomic E-state index is 12.8. The second-order valence-electron chi connectivity index (χ2n) is 4.64. The molecule has 1 aromatic rings. The molecule has 0 N–H and O–H groups in total. The standard InChI is InChI=1S/C11H9Cl2N2O3S/c12-7-1-6(2-8(13)3-7)10-14(17)4-9-11(16)19-5-15(9,10)18/h1-3,9-10H,4-5H2/q-1. The summed E-state index contributed by atoms with van der Waals surface area (Å²) in [6, 6.07) is 3.83. The first-order chi connectivity index (χ1) is 8.91. The zero-order chi connectivity index (χ0) is 13.8. The largest absolute Gasteiger partial charge is 0.781 e. The highest BCUT2D eigenvalue weighted by atomic mass is 35.5. The predicted molar refractivity (Wildman–Crippen MR) is 74.2 cm³/mol.